The molecule has 1 saturated heterocycles. The number of amides is 1. The molecule has 1 aliphatic heterocycles. The summed E-state index contributed by atoms with van der Waals surface area (Å²) in [6.45, 7) is 1.28. The van der Waals surface area contributed by atoms with E-state index in [-0.39, 0.29) is 24.2 Å². The van der Waals surface area contributed by atoms with Crippen LogP contribution in [0, 0.1) is 0 Å². The highest BCUT2D eigenvalue weighted by atomic mass is 16.6. The zero-order valence-electron chi connectivity index (χ0n) is 10.7. The van der Waals surface area contributed by atoms with Crippen LogP contribution in [0.25, 0.3) is 0 Å². The highest BCUT2D eigenvalue weighted by Crippen LogP contribution is 2.26. The van der Waals surface area contributed by atoms with Crippen LogP contribution in [0.3, 0.4) is 0 Å². The van der Waals surface area contributed by atoms with Crippen LogP contribution in [0.15, 0.2) is 45.7 Å². The Morgan fingerprint density at radius 2 is 2.10 bits per heavy atom. The van der Waals surface area contributed by atoms with E-state index >= 15 is 0 Å². The monoisotopic (exact) mass is 274 g/mol. The van der Waals surface area contributed by atoms with Crippen molar-refractivity contribution in [2.75, 3.05) is 13.1 Å². The van der Waals surface area contributed by atoms with Crippen molar-refractivity contribution in [2.24, 2.45) is 0 Å². The Labute approximate surface area is 114 Å². The maximum atomic E-state index is 11.8. The number of nitrogens with zero attached hydrogens (tertiary/aromatic N) is 1. The zero-order chi connectivity index (χ0) is 13.9. The summed E-state index contributed by atoms with van der Waals surface area (Å²) < 4.78 is 10.2. The molecule has 0 saturated carbocycles. The van der Waals surface area contributed by atoms with E-state index in [0.717, 1.165) is 5.56 Å². The fraction of sp³-hybridized carbons (Fsp3) is 0.286. The summed E-state index contributed by atoms with van der Waals surface area (Å²) in [5.41, 5.74) is 0.694. The van der Waals surface area contributed by atoms with Gasteiger partial charge in [-0.25, -0.2) is 4.79 Å². The van der Waals surface area contributed by atoms with Crippen LogP contribution in [0.5, 0.6) is 0 Å². The molecule has 1 aromatic heterocycles. The third-order valence-electron chi connectivity index (χ3n) is 3.29. The number of likely N-dealkylation sites (tertiary alicyclic amines) is 1. The van der Waals surface area contributed by atoms with Crippen molar-refractivity contribution in [3.05, 3.63) is 58.1 Å². The number of ether oxygens (including phenoxy) is 1. The van der Waals surface area contributed by atoms with Gasteiger partial charge in [-0.05, 0) is 5.56 Å². The van der Waals surface area contributed by atoms with Crippen LogP contribution in [0.1, 0.15) is 17.2 Å². The van der Waals surface area contributed by atoms with Gasteiger partial charge in [-0.15, -0.1) is 0 Å². The number of hydrogen-bond donors (Lipinski definition) is 1. The largest absolute Gasteiger partial charge is 0.445 e. The van der Waals surface area contributed by atoms with Crippen molar-refractivity contribution < 1.29 is 14.1 Å². The molecule has 1 N–H and O–H groups in total. The first kappa shape index (κ1) is 12.5. The Bertz CT molecular complexity index is 640. The van der Waals surface area contributed by atoms with Gasteiger partial charge in [0.15, 0.2) is 0 Å². The fourth-order valence-corrected chi connectivity index (χ4v) is 2.12. The molecule has 1 aliphatic rings. The van der Waals surface area contributed by atoms with Crippen LogP contribution in [0.2, 0.25) is 0 Å². The van der Waals surface area contributed by atoms with Gasteiger partial charge in [0, 0.05) is 19.2 Å². The number of aromatic nitrogens is 1. The summed E-state index contributed by atoms with van der Waals surface area (Å²) in [4.78, 5) is 24.3. The summed E-state index contributed by atoms with van der Waals surface area (Å²) >= 11 is 0. The van der Waals surface area contributed by atoms with Crippen LogP contribution in [0.4, 0.5) is 4.79 Å². The van der Waals surface area contributed by atoms with E-state index in [1.165, 1.54) is 6.07 Å². The smallest absolute Gasteiger partial charge is 0.410 e. The summed E-state index contributed by atoms with van der Waals surface area (Å²) in [5.74, 6) is 0.653. The summed E-state index contributed by atoms with van der Waals surface area (Å²) in [5, 5.41) is 2.24. The normalized spacial score (nSPS) is 14.9. The Balaban J connectivity index is 1.47. The Morgan fingerprint density at radius 3 is 2.75 bits per heavy atom. The topological polar surface area (TPSA) is 75.5 Å². The second-order valence-corrected chi connectivity index (χ2v) is 4.76. The standard InChI is InChI=1S/C14H14N2O4/c17-13-6-12(20-15-13)11-7-16(8-11)14(18)19-9-10-4-2-1-3-5-10/h1-6,11H,7-9H2,(H,15,17). The second kappa shape index (κ2) is 5.24. The van der Waals surface area contributed by atoms with Gasteiger partial charge in [-0.1, -0.05) is 30.3 Å². The van der Waals surface area contributed by atoms with Crippen LogP contribution < -0.4 is 5.56 Å². The number of carbonyl (C=O) groups is 1. The summed E-state index contributed by atoms with van der Waals surface area (Å²) in [6.07, 6.45) is -0.344. The summed E-state index contributed by atoms with van der Waals surface area (Å²) in [7, 11) is 0. The van der Waals surface area contributed by atoms with E-state index in [0.29, 0.717) is 18.8 Å². The van der Waals surface area contributed by atoms with E-state index in [1.807, 2.05) is 30.3 Å². The molecule has 6 heteroatoms. The van der Waals surface area contributed by atoms with Gasteiger partial charge in [-0.2, -0.15) is 5.16 Å². The van der Waals surface area contributed by atoms with Gasteiger partial charge >= 0.3 is 6.09 Å². The van der Waals surface area contributed by atoms with Crippen molar-refractivity contribution in [1.82, 2.24) is 10.1 Å². The van der Waals surface area contributed by atoms with Gasteiger partial charge in [-0.3, -0.25) is 4.79 Å². The molecular weight excluding hydrogens is 260 g/mol. The molecule has 1 aromatic carbocycles. The van der Waals surface area contributed by atoms with Crippen molar-refractivity contribution in [2.45, 2.75) is 12.5 Å². The minimum atomic E-state index is -0.344. The van der Waals surface area contributed by atoms with Gasteiger partial charge in [0.25, 0.3) is 5.56 Å². The van der Waals surface area contributed by atoms with Gasteiger partial charge in [0.2, 0.25) is 0 Å². The molecule has 6 nitrogen and oxygen atoms in total. The molecule has 2 aromatic rings. The molecule has 0 spiro atoms. The molecule has 2 heterocycles. The van der Waals surface area contributed by atoms with E-state index < -0.39 is 0 Å². The quantitative estimate of drug-likeness (QED) is 0.924. The zero-order valence-corrected chi connectivity index (χ0v) is 10.7. The maximum Gasteiger partial charge on any atom is 0.410 e. The molecule has 0 bridgehead atoms. The van der Waals surface area contributed by atoms with Gasteiger partial charge in [0.05, 0.1) is 5.92 Å². The Morgan fingerprint density at radius 1 is 1.35 bits per heavy atom. The molecule has 1 amide bonds. The number of carbonyl (C=O) groups excluding carboxylic acids is 1. The summed E-state index contributed by atoms with van der Waals surface area (Å²) in [6, 6.07) is 10.9. The van der Waals surface area contributed by atoms with Crippen molar-refractivity contribution in [3.8, 4) is 0 Å². The molecule has 0 aliphatic carbocycles. The lowest BCUT2D eigenvalue weighted by Gasteiger charge is -2.36. The number of rotatable bonds is 3. The Kier molecular flexibility index (Phi) is 3.28. The van der Waals surface area contributed by atoms with Gasteiger partial charge in [0.1, 0.15) is 12.4 Å². The number of nitrogens with one attached hydrogen (secondary N) is 1. The average molecular weight is 274 g/mol. The number of aromatic amines is 1. The number of H-pyrrole nitrogens is 1. The fourth-order valence-electron chi connectivity index (χ4n) is 2.12. The lowest BCUT2D eigenvalue weighted by molar-refractivity contribution is 0.0615. The van der Waals surface area contributed by atoms with E-state index in [2.05, 4.69) is 5.16 Å². The first-order chi connectivity index (χ1) is 9.72. The minimum Gasteiger partial charge on any atom is -0.445 e. The van der Waals surface area contributed by atoms with E-state index in [9.17, 15) is 9.59 Å². The molecule has 1 fully saturated rings. The SMILES string of the molecule is O=C(OCc1ccccc1)N1CC(c2cc(=O)[nH]o2)C1. The average Bonchev–Trinajstić information content (AvgIpc) is 2.82. The second-order valence-electron chi connectivity index (χ2n) is 4.76. The number of benzene rings is 1. The molecule has 20 heavy (non-hydrogen) atoms. The van der Waals surface area contributed by atoms with E-state index in [1.54, 1.807) is 4.90 Å². The third-order valence-corrected chi connectivity index (χ3v) is 3.29. The van der Waals surface area contributed by atoms with E-state index in [4.69, 9.17) is 9.26 Å². The van der Waals surface area contributed by atoms with Crippen LogP contribution in [-0.4, -0.2) is 29.2 Å². The van der Waals surface area contributed by atoms with Crippen molar-refractivity contribution in [3.63, 3.8) is 0 Å². The van der Waals surface area contributed by atoms with Crippen LogP contribution >= 0.6 is 0 Å². The maximum absolute atomic E-state index is 11.8. The van der Waals surface area contributed by atoms with Gasteiger partial charge < -0.3 is 14.2 Å². The Hall–Kier alpha value is -2.50. The molecule has 0 radical (unpaired) electrons. The minimum absolute atomic E-state index is 0.0678. The first-order valence-corrected chi connectivity index (χ1v) is 6.36. The van der Waals surface area contributed by atoms with Crippen LogP contribution in [-0.2, 0) is 11.3 Å². The molecule has 0 unspecified atom stereocenters. The molecule has 3 rings (SSSR count). The molecule has 104 valence electrons. The highest BCUT2D eigenvalue weighted by Gasteiger charge is 2.35. The lowest BCUT2D eigenvalue weighted by Crippen LogP contribution is -2.48. The third kappa shape index (κ3) is 2.59. The number of hydrogen-bond acceptors (Lipinski definition) is 4. The first-order valence-electron chi connectivity index (χ1n) is 6.36. The molecular formula is C14H14N2O4. The molecule has 0 atom stereocenters. The predicted octanol–water partition coefficient (Wildman–Crippen LogP) is 1.70. The highest BCUT2D eigenvalue weighted by molar-refractivity contribution is 5.69. The van der Waals surface area contributed by atoms with Crippen molar-refractivity contribution in [1.29, 1.82) is 0 Å². The lowest BCUT2D eigenvalue weighted by atomic mass is 9.98. The van der Waals surface area contributed by atoms with Crippen molar-refractivity contribution >= 4 is 6.09 Å². The predicted molar refractivity (Wildman–Crippen MR) is 70.3 cm³/mol.